The number of aldehydes is 1. The van der Waals surface area contributed by atoms with E-state index in [9.17, 15) is 4.79 Å². The molecule has 0 bridgehead atoms. The van der Waals surface area contributed by atoms with Crippen LogP contribution in [0.3, 0.4) is 0 Å². The summed E-state index contributed by atoms with van der Waals surface area (Å²) >= 11 is 0. The number of carbonyl (C=O) groups is 1. The molecule has 0 N–H and O–H groups in total. The van der Waals surface area contributed by atoms with Crippen molar-refractivity contribution in [1.82, 2.24) is 0 Å². The van der Waals surface area contributed by atoms with Crippen LogP contribution < -0.4 is 0 Å². The molecule has 1 aliphatic carbocycles. The van der Waals surface area contributed by atoms with Gasteiger partial charge in [-0.25, -0.2) is 0 Å². The summed E-state index contributed by atoms with van der Waals surface area (Å²) in [4.78, 5) is 10.1. The molecule has 0 saturated heterocycles. The third-order valence-electron chi connectivity index (χ3n) is 1.35. The standard InChI is InChI=1S/C6H4O2.W/c7-2-4-3-8-6-1-5(4)6;/h2-3H,1H2;. The molecule has 1 aromatic rings. The van der Waals surface area contributed by atoms with Crippen LogP contribution in [-0.2, 0) is 27.5 Å². The van der Waals surface area contributed by atoms with E-state index >= 15 is 0 Å². The van der Waals surface area contributed by atoms with Crippen LogP contribution in [-0.4, -0.2) is 6.29 Å². The van der Waals surface area contributed by atoms with Crippen molar-refractivity contribution in [3.05, 3.63) is 23.2 Å². The maximum absolute atomic E-state index is 10.1. The van der Waals surface area contributed by atoms with Crippen LogP contribution in [0.2, 0.25) is 0 Å². The van der Waals surface area contributed by atoms with Crippen molar-refractivity contribution in [1.29, 1.82) is 0 Å². The molecule has 0 saturated carbocycles. The summed E-state index contributed by atoms with van der Waals surface area (Å²) in [5.74, 6) is 0.979. The fraction of sp³-hybridized carbons (Fsp3) is 0.167. The molecule has 0 aromatic carbocycles. The summed E-state index contributed by atoms with van der Waals surface area (Å²) in [5, 5.41) is 0. The summed E-state index contributed by atoms with van der Waals surface area (Å²) in [5.41, 5.74) is 1.82. The summed E-state index contributed by atoms with van der Waals surface area (Å²) in [6.45, 7) is 0. The summed E-state index contributed by atoms with van der Waals surface area (Å²) < 4.78 is 4.92. The van der Waals surface area contributed by atoms with E-state index in [0.717, 1.165) is 29.6 Å². The van der Waals surface area contributed by atoms with Crippen molar-refractivity contribution in [2.24, 2.45) is 0 Å². The first-order valence-corrected chi connectivity index (χ1v) is 2.46. The van der Waals surface area contributed by atoms with Crippen LogP contribution in [0.4, 0.5) is 0 Å². The van der Waals surface area contributed by atoms with Gasteiger partial charge in [-0.1, -0.05) is 0 Å². The zero-order valence-electron chi connectivity index (χ0n) is 4.59. The van der Waals surface area contributed by atoms with Gasteiger partial charge in [0.25, 0.3) is 0 Å². The van der Waals surface area contributed by atoms with Crippen molar-refractivity contribution in [3.63, 3.8) is 0 Å². The van der Waals surface area contributed by atoms with Crippen LogP contribution in [0.5, 0.6) is 0 Å². The van der Waals surface area contributed by atoms with E-state index in [4.69, 9.17) is 4.42 Å². The van der Waals surface area contributed by atoms with Gasteiger partial charge in [-0.05, 0) is 0 Å². The Morgan fingerprint density at radius 3 is 2.67 bits per heavy atom. The third kappa shape index (κ3) is 0.877. The normalized spacial score (nSPS) is 11.6. The average molecular weight is 292 g/mol. The first kappa shape index (κ1) is 6.75. The van der Waals surface area contributed by atoms with Gasteiger partial charge in [-0.2, -0.15) is 0 Å². The second-order valence-corrected chi connectivity index (χ2v) is 1.89. The summed E-state index contributed by atoms with van der Waals surface area (Å²) in [6.07, 6.45) is 3.22. The number of rotatable bonds is 1. The molecule has 3 heteroatoms. The molecular formula is C6H4O2W. The Morgan fingerprint density at radius 2 is 2.44 bits per heavy atom. The third-order valence-corrected chi connectivity index (χ3v) is 1.35. The van der Waals surface area contributed by atoms with Crippen LogP contribution in [0, 0.1) is 0 Å². The summed E-state index contributed by atoms with van der Waals surface area (Å²) in [7, 11) is 0. The second kappa shape index (κ2) is 2.11. The molecule has 0 radical (unpaired) electrons. The second-order valence-electron chi connectivity index (χ2n) is 1.89. The van der Waals surface area contributed by atoms with Crippen molar-refractivity contribution in [3.8, 4) is 0 Å². The van der Waals surface area contributed by atoms with Crippen molar-refractivity contribution in [2.75, 3.05) is 0 Å². The maximum atomic E-state index is 10.1. The van der Waals surface area contributed by atoms with Gasteiger partial charge in [-0.15, -0.1) is 0 Å². The Hall–Kier alpha value is -0.362. The topological polar surface area (TPSA) is 30.2 Å². The van der Waals surface area contributed by atoms with Crippen molar-refractivity contribution in [2.45, 2.75) is 6.42 Å². The Bertz CT molecular complexity index is 239. The largest absolute Gasteiger partial charge is 0.468 e. The molecule has 2 nitrogen and oxygen atoms in total. The minimum Gasteiger partial charge on any atom is -0.468 e. The molecule has 2 rings (SSSR count). The Labute approximate surface area is 66.5 Å². The number of fused-ring (bicyclic) bond motifs is 1. The van der Waals surface area contributed by atoms with Gasteiger partial charge >= 0.3 is 0 Å². The monoisotopic (exact) mass is 292 g/mol. The minimum absolute atomic E-state index is 0. The van der Waals surface area contributed by atoms with E-state index in [1.807, 2.05) is 0 Å². The van der Waals surface area contributed by atoms with Crippen LogP contribution in [0.25, 0.3) is 0 Å². The molecule has 0 fully saturated rings. The first-order chi connectivity index (χ1) is 3.92. The summed E-state index contributed by atoms with van der Waals surface area (Å²) in [6, 6.07) is 0. The maximum Gasteiger partial charge on any atom is 0.153 e. The van der Waals surface area contributed by atoms with E-state index < -0.39 is 0 Å². The predicted octanol–water partition coefficient (Wildman–Crippen LogP) is 0.994. The predicted molar refractivity (Wildman–Crippen MR) is 26.9 cm³/mol. The zero-order valence-corrected chi connectivity index (χ0v) is 7.52. The Kier molecular flexibility index (Phi) is 1.58. The molecule has 0 atom stereocenters. The van der Waals surface area contributed by atoms with Gasteiger partial charge in [0.15, 0.2) is 6.29 Å². The van der Waals surface area contributed by atoms with E-state index in [1.165, 1.54) is 6.26 Å². The molecule has 46 valence electrons. The average Bonchev–Trinajstić information content (AvgIpc) is 2.46. The molecule has 0 amide bonds. The van der Waals surface area contributed by atoms with Crippen molar-refractivity contribution >= 4 is 6.29 Å². The number of carbonyl (C=O) groups excluding carboxylic acids is 1. The zero-order chi connectivity index (χ0) is 5.56. The van der Waals surface area contributed by atoms with Gasteiger partial charge in [0.1, 0.15) is 12.0 Å². The van der Waals surface area contributed by atoms with E-state index in [0.29, 0.717) is 0 Å². The van der Waals surface area contributed by atoms with Gasteiger partial charge in [-0.3, -0.25) is 4.79 Å². The van der Waals surface area contributed by atoms with Crippen LogP contribution >= 0.6 is 0 Å². The molecule has 0 spiro atoms. The SMILES string of the molecule is O=Cc1coc2c1C2.[W]. The molecule has 9 heavy (non-hydrogen) atoms. The molecule has 1 aromatic heterocycles. The Balaban J connectivity index is 0.000000405. The van der Waals surface area contributed by atoms with Crippen LogP contribution in [0.15, 0.2) is 10.7 Å². The molecule has 1 aliphatic rings. The smallest absolute Gasteiger partial charge is 0.153 e. The fourth-order valence-corrected chi connectivity index (χ4v) is 0.797. The van der Waals surface area contributed by atoms with E-state index in [1.54, 1.807) is 0 Å². The first-order valence-electron chi connectivity index (χ1n) is 2.46. The van der Waals surface area contributed by atoms with Gasteiger partial charge in [0.05, 0.1) is 5.56 Å². The quantitative estimate of drug-likeness (QED) is 0.734. The molecule has 1 heterocycles. The van der Waals surface area contributed by atoms with E-state index in [2.05, 4.69) is 0 Å². The van der Waals surface area contributed by atoms with Gasteiger partial charge in [0.2, 0.25) is 0 Å². The number of furan rings is 1. The minimum atomic E-state index is 0. The van der Waals surface area contributed by atoms with Gasteiger partial charge < -0.3 is 4.42 Å². The fourth-order valence-electron chi connectivity index (χ4n) is 0.797. The van der Waals surface area contributed by atoms with E-state index in [-0.39, 0.29) is 21.1 Å². The Morgan fingerprint density at radius 1 is 1.67 bits per heavy atom. The van der Waals surface area contributed by atoms with Gasteiger partial charge in [0, 0.05) is 33.0 Å². The number of hydrogen-bond donors (Lipinski definition) is 0. The van der Waals surface area contributed by atoms with Crippen molar-refractivity contribution < 1.29 is 30.3 Å². The van der Waals surface area contributed by atoms with Crippen LogP contribution in [0.1, 0.15) is 21.7 Å². The number of hydrogen-bond acceptors (Lipinski definition) is 2. The molecular weight excluding hydrogens is 288 g/mol. The molecule has 0 unspecified atom stereocenters. The molecule has 0 aliphatic heterocycles.